The van der Waals surface area contributed by atoms with Crippen LogP contribution in [-0.4, -0.2) is 39.1 Å². The minimum Gasteiger partial charge on any atom is -0.350 e. The van der Waals surface area contributed by atoms with Crippen molar-refractivity contribution in [1.29, 1.82) is 0 Å². The fraction of sp³-hybridized carbons (Fsp3) is 0.263. The molecule has 0 unspecified atom stereocenters. The number of nitrogens with zero attached hydrogens (tertiary/aromatic N) is 1. The van der Waals surface area contributed by atoms with Crippen molar-refractivity contribution in [2.75, 3.05) is 22.4 Å². The second-order valence-electron chi connectivity index (χ2n) is 6.62. The van der Waals surface area contributed by atoms with E-state index in [-0.39, 0.29) is 38.9 Å². The number of benzene rings is 2. The minimum atomic E-state index is -3.81. The first-order chi connectivity index (χ1) is 13.5. The molecule has 0 aliphatic carbocycles. The van der Waals surface area contributed by atoms with Gasteiger partial charge in [0.15, 0.2) is 0 Å². The third-order valence-corrected chi connectivity index (χ3v) is 5.27. The van der Waals surface area contributed by atoms with E-state index in [2.05, 4.69) is 10.6 Å². The molecule has 0 aliphatic rings. The lowest BCUT2D eigenvalue weighted by molar-refractivity contribution is -0.114. The van der Waals surface area contributed by atoms with Crippen molar-refractivity contribution in [2.24, 2.45) is 0 Å². The van der Waals surface area contributed by atoms with Gasteiger partial charge in [-0.2, -0.15) is 0 Å². The molecule has 2 aromatic rings. The van der Waals surface area contributed by atoms with E-state index in [1.165, 1.54) is 18.2 Å². The Kier molecular flexibility index (Phi) is 7.51. The zero-order valence-corrected chi connectivity index (χ0v) is 18.4. The molecule has 0 saturated carbocycles. The average Bonchev–Trinajstić information content (AvgIpc) is 2.57. The highest BCUT2D eigenvalue weighted by atomic mass is 35.5. The topological polar surface area (TPSA) is 95.6 Å². The number of carbonyl (C=O) groups is 2. The summed E-state index contributed by atoms with van der Waals surface area (Å²) >= 11 is 11.9. The molecule has 7 nitrogen and oxygen atoms in total. The van der Waals surface area contributed by atoms with E-state index >= 15 is 0 Å². The van der Waals surface area contributed by atoms with Crippen LogP contribution in [0.5, 0.6) is 0 Å². The molecular weight excluding hydrogens is 437 g/mol. The van der Waals surface area contributed by atoms with Crippen LogP contribution in [0.3, 0.4) is 0 Å². The van der Waals surface area contributed by atoms with Gasteiger partial charge in [0, 0.05) is 16.1 Å². The second kappa shape index (κ2) is 9.47. The standard InChI is InChI=1S/C19H21Cl2N3O4S/c1-12(2)22-19(26)16-6-4-5-7-17(16)23-18(25)11-24(29(3,27)28)15-9-13(20)8-14(21)10-15/h4-10,12H,11H2,1-3H3,(H,22,26)(H,23,25). The van der Waals surface area contributed by atoms with Gasteiger partial charge < -0.3 is 10.6 Å². The lowest BCUT2D eigenvalue weighted by atomic mass is 10.1. The third kappa shape index (κ3) is 6.62. The van der Waals surface area contributed by atoms with E-state index in [0.717, 1.165) is 10.6 Å². The first kappa shape index (κ1) is 23.0. The van der Waals surface area contributed by atoms with Crippen molar-refractivity contribution in [3.8, 4) is 0 Å². The zero-order chi connectivity index (χ0) is 21.8. The molecular formula is C19H21Cl2N3O4S. The number of rotatable bonds is 7. The zero-order valence-electron chi connectivity index (χ0n) is 16.1. The molecule has 0 fully saturated rings. The molecule has 2 amide bonds. The number of hydrogen-bond donors (Lipinski definition) is 2. The number of para-hydroxylation sites is 1. The molecule has 0 saturated heterocycles. The lowest BCUT2D eigenvalue weighted by Gasteiger charge is -2.22. The van der Waals surface area contributed by atoms with Crippen molar-refractivity contribution < 1.29 is 18.0 Å². The Morgan fingerprint density at radius 3 is 2.21 bits per heavy atom. The summed E-state index contributed by atoms with van der Waals surface area (Å²) in [5.74, 6) is -0.978. The highest BCUT2D eigenvalue weighted by molar-refractivity contribution is 7.92. The maximum Gasteiger partial charge on any atom is 0.253 e. The SMILES string of the molecule is CC(C)NC(=O)c1ccccc1NC(=O)CN(c1cc(Cl)cc(Cl)c1)S(C)(=O)=O. The van der Waals surface area contributed by atoms with Crippen LogP contribution in [0.2, 0.25) is 10.0 Å². The van der Waals surface area contributed by atoms with Gasteiger partial charge in [0.1, 0.15) is 6.54 Å². The Hall–Kier alpha value is -2.29. The van der Waals surface area contributed by atoms with Crippen molar-refractivity contribution in [1.82, 2.24) is 5.32 Å². The Morgan fingerprint density at radius 1 is 1.07 bits per heavy atom. The van der Waals surface area contributed by atoms with Crippen LogP contribution in [-0.2, 0) is 14.8 Å². The van der Waals surface area contributed by atoms with Crippen LogP contribution in [0.25, 0.3) is 0 Å². The van der Waals surface area contributed by atoms with Crippen LogP contribution in [0.15, 0.2) is 42.5 Å². The Morgan fingerprint density at radius 2 is 1.66 bits per heavy atom. The van der Waals surface area contributed by atoms with Crippen LogP contribution in [0.4, 0.5) is 11.4 Å². The Bertz CT molecular complexity index is 1010. The maximum atomic E-state index is 12.6. The molecule has 0 atom stereocenters. The smallest absolute Gasteiger partial charge is 0.253 e. The first-order valence-electron chi connectivity index (χ1n) is 8.61. The third-order valence-electron chi connectivity index (χ3n) is 3.69. The van der Waals surface area contributed by atoms with Gasteiger partial charge in [0.25, 0.3) is 5.91 Å². The van der Waals surface area contributed by atoms with Gasteiger partial charge in [-0.15, -0.1) is 0 Å². The minimum absolute atomic E-state index is 0.0837. The average molecular weight is 458 g/mol. The molecule has 0 aliphatic heterocycles. The van der Waals surface area contributed by atoms with Crippen molar-refractivity contribution in [3.63, 3.8) is 0 Å². The number of sulfonamides is 1. The molecule has 10 heteroatoms. The second-order valence-corrected chi connectivity index (χ2v) is 9.40. The van der Waals surface area contributed by atoms with E-state index in [0.29, 0.717) is 0 Å². The predicted octanol–water partition coefficient (Wildman–Crippen LogP) is 3.54. The lowest BCUT2D eigenvalue weighted by Crippen LogP contribution is -2.38. The van der Waals surface area contributed by atoms with Crippen molar-refractivity contribution >= 4 is 56.4 Å². The molecule has 29 heavy (non-hydrogen) atoms. The van der Waals surface area contributed by atoms with Crippen LogP contribution >= 0.6 is 23.2 Å². The molecule has 2 rings (SSSR count). The maximum absolute atomic E-state index is 12.6. The monoisotopic (exact) mass is 457 g/mol. The number of halogens is 2. The number of carbonyl (C=O) groups excluding carboxylic acids is 2. The summed E-state index contributed by atoms with van der Waals surface area (Å²) in [6, 6.07) is 10.6. The van der Waals surface area contributed by atoms with E-state index in [4.69, 9.17) is 23.2 Å². The fourth-order valence-electron chi connectivity index (χ4n) is 2.53. The molecule has 0 heterocycles. The molecule has 2 aromatic carbocycles. The van der Waals surface area contributed by atoms with Gasteiger partial charge in [0.2, 0.25) is 15.9 Å². The van der Waals surface area contributed by atoms with Gasteiger partial charge >= 0.3 is 0 Å². The summed E-state index contributed by atoms with van der Waals surface area (Å²) in [6.07, 6.45) is 0.971. The molecule has 0 bridgehead atoms. The molecule has 156 valence electrons. The molecule has 0 radical (unpaired) electrons. The highest BCUT2D eigenvalue weighted by Crippen LogP contribution is 2.27. The number of hydrogen-bond acceptors (Lipinski definition) is 4. The van der Waals surface area contributed by atoms with Crippen LogP contribution < -0.4 is 14.9 Å². The van der Waals surface area contributed by atoms with E-state index in [1.54, 1.807) is 24.3 Å². The van der Waals surface area contributed by atoms with Gasteiger partial charge in [-0.25, -0.2) is 8.42 Å². The van der Waals surface area contributed by atoms with Crippen LogP contribution in [0.1, 0.15) is 24.2 Å². The van der Waals surface area contributed by atoms with Gasteiger partial charge in [-0.3, -0.25) is 13.9 Å². The number of anilines is 2. The Balaban J connectivity index is 2.27. The Labute approximate surface area is 180 Å². The first-order valence-corrected chi connectivity index (χ1v) is 11.2. The fourth-order valence-corrected chi connectivity index (χ4v) is 3.89. The predicted molar refractivity (Wildman–Crippen MR) is 116 cm³/mol. The van der Waals surface area contributed by atoms with Crippen molar-refractivity contribution in [2.45, 2.75) is 19.9 Å². The number of amides is 2. The quantitative estimate of drug-likeness (QED) is 0.664. The summed E-state index contributed by atoms with van der Waals surface area (Å²) in [4.78, 5) is 24.9. The van der Waals surface area contributed by atoms with Gasteiger partial charge in [-0.1, -0.05) is 35.3 Å². The summed E-state index contributed by atoms with van der Waals surface area (Å²) in [6.45, 7) is 3.12. The molecule has 0 aromatic heterocycles. The molecule has 2 N–H and O–H groups in total. The van der Waals surface area contributed by atoms with E-state index < -0.39 is 22.5 Å². The summed E-state index contributed by atoms with van der Waals surface area (Å²) in [7, 11) is -3.81. The molecule has 0 spiro atoms. The largest absolute Gasteiger partial charge is 0.350 e. The van der Waals surface area contributed by atoms with E-state index in [9.17, 15) is 18.0 Å². The highest BCUT2D eigenvalue weighted by Gasteiger charge is 2.23. The summed E-state index contributed by atoms with van der Waals surface area (Å²) in [5.41, 5.74) is 0.700. The van der Waals surface area contributed by atoms with Gasteiger partial charge in [-0.05, 0) is 44.2 Å². The van der Waals surface area contributed by atoms with Crippen LogP contribution in [0, 0.1) is 0 Å². The summed E-state index contributed by atoms with van der Waals surface area (Å²) in [5, 5.41) is 5.81. The van der Waals surface area contributed by atoms with Gasteiger partial charge in [0.05, 0.1) is 23.2 Å². The van der Waals surface area contributed by atoms with Crippen molar-refractivity contribution in [3.05, 3.63) is 58.1 Å². The number of nitrogens with one attached hydrogen (secondary N) is 2. The summed E-state index contributed by atoms with van der Waals surface area (Å²) < 4.78 is 25.4. The van der Waals surface area contributed by atoms with E-state index in [1.807, 2.05) is 13.8 Å². The normalized spacial score (nSPS) is 11.2.